The first-order valence-electron chi connectivity index (χ1n) is 6.29. The fourth-order valence-electron chi connectivity index (χ4n) is 1.81. The molecular weight excluding hydrogens is 266 g/mol. The molecule has 0 aliphatic heterocycles. The molecule has 0 heterocycles. The van der Waals surface area contributed by atoms with Crippen LogP contribution < -0.4 is 5.32 Å². The molecule has 1 amide bonds. The summed E-state index contributed by atoms with van der Waals surface area (Å²) in [5.74, 6) is -1.01. The van der Waals surface area contributed by atoms with Gasteiger partial charge in [0.15, 0.2) is 0 Å². The quantitative estimate of drug-likeness (QED) is 0.808. The number of rotatable bonds is 7. The van der Waals surface area contributed by atoms with E-state index in [0.29, 0.717) is 11.4 Å². The average molecular weight is 284 g/mol. The van der Waals surface area contributed by atoms with Crippen molar-refractivity contribution in [2.75, 3.05) is 0 Å². The van der Waals surface area contributed by atoms with Gasteiger partial charge in [-0.2, -0.15) is 0 Å². The molecule has 1 rings (SSSR count). The number of nitrogens with one attached hydrogen (secondary N) is 1. The smallest absolute Gasteiger partial charge is 0.303 e. The number of carboxylic acid groups (broad SMARTS) is 1. The number of amides is 1. The summed E-state index contributed by atoms with van der Waals surface area (Å²) in [5, 5.41) is 12.0. The van der Waals surface area contributed by atoms with Gasteiger partial charge in [-0.05, 0) is 30.5 Å². The fraction of sp³-hybridized carbons (Fsp3) is 0.429. The van der Waals surface area contributed by atoms with Gasteiger partial charge in [0.05, 0.1) is 6.04 Å². The highest BCUT2D eigenvalue weighted by Crippen LogP contribution is 2.20. The molecule has 1 unspecified atom stereocenters. The Kier molecular flexibility index (Phi) is 6.36. The Hall–Kier alpha value is -1.55. The highest BCUT2D eigenvalue weighted by atomic mass is 35.5. The maximum absolute atomic E-state index is 11.7. The molecule has 5 heteroatoms. The summed E-state index contributed by atoms with van der Waals surface area (Å²) in [7, 11) is 0. The van der Waals surface area contributed by atoms with E-state index in [4.69, 9.17) is 16.7 Å². The van der Waals surface area contributed by atoms with E-state index in [1.165, 1.54) is 0 Å². The summed E-state index contributed by atoms with van der Waals surface area (Å²) in [4.78, 5) is 22.1. The van der Waals surface area contributed by atoms with E-state index in [9.17, 15) is 9.59 Å². The lowest BCUT2D eigenvalue weighted by molar-refractivity contribution is -0.137. The van der Waals surface area contributed by atoms with E-state index >= 15 is 0 Å². The minimum atomic E-state index is -0.880. The molecule has 4 nitrogen and oxygen atoms in total. The van der Waals surface area contributed by atoms with Crippen LogP contribution in [0.4, 0.5) is 0 Å². The molecule has 0 aliphatic carbocycles. The molecule has 0 fully saturated rings. The molecular formula is C14H18ClNO3. The molecule has 0 aliphatic rings. The third-order valence-corrected chi connectivity index (χ3v) is 3.02. The van der Waals surface area contributed by atoms with Crippen LogP contribution in [0.25, 0.3) is 0 Å². The summed E-state index contributed by atoms with van der Waals surface area (Å²) < 4.78 is 0. The van der Waals surface area contributed by atoms with Gasteiger partial charge in [-0.1, -0.05) is 30.7 Å². The molecule has 0 spiro atoms. The predicted octanol–water partition coefficient (Wildman–Crippen LogP) is 3.16. The second-order valence-corrected chi connectivity index (χ2v) is 4.77. The predicted molar refractivity (Wildman–Crippen MR) is 74.1 cm³/mol. The second kappa shape index (κ2) is 7.79. The zero-order valence-electron chi connectivity index (χ0n) is 10.9. The standard InChI is InChI=1S/C14H18ClNO3/c1-2-12(10-5-3-6-11(15)9-10)16-13(17)7-4-8-14(18)19/h3,5-6,9,12H,2,4,7-8H2,1H3,(H,16,17)(H,18,19). The molecule has 1 atom stereocenters. The zero-order chi connectivity index (χ0) is 14.3. The van der Waals surface area contributed by atoms with E-state index in [2.05, 4.69) is 5.32 Å². The third kappa shape index (κ3) is 5.75. The van der Waals surface area contributed by atoms with E-state index < -0.39 is 5.97 Å². The van der Waals surface area contributed by atoms with Gasteiger partial charge in [0, 0.05) is 17.9 Å². The van der Waals surface area contributed by atoms with Gasteiger partial charge in [0.25, 0.3) is 0 Å². The Bertz CT molecular complexity index is 448. The van der Waals surface area contributed by atoms with E-state index in [-0.39, 0.29) is 24.8 Å². The summed E-state index contributed by atoms with van der Waals surface area (Å²) >= 11 is 5.92. The van der Waals surface area contributed by atoms with Crippen molar-refractivity contribution in [3.63, 3.8) is 0 Å². The molecule has 0 aromatic heterocycles. The van der Waals surface area contributed by atoms with Crippen LogP contribution >= 0.6 is 11.6 Å². The number of halogens is 1. The van der Waals surface area contributed by atoms with Crippen LogP contribution in [0, 0.1) is 0 Å². The topological polar surface area (TPSA) is 66.4 Å². The first-order valence-corrected chi connectivity index (χ1v) is 6.67. The SMILES string of the molecule is CCC(NC(=O)CCCC(=O)O)c1cccc(Cl)c1. The van der Waals surface area contributed by atoms with Gasteiger partial charge < -0.3 is 10.4 Å². The van der Waals surface area contributed by atoms with Crippen molar-refractivity contribution in [3.05, 3.63) is 34.9 Å². The maximum Gasteiger partial charge on any atom is 0.303 e. The maximum atomic E-state index is 11.7. The summed E-state index contributed by atoms with van der Waals surface area (Å²) in [5.41, 5.74) is 0.960. The Labute approximate surface area is 117 Å². The molecule has 0 radical (unpaired) electrons. The van der Waals surface area contributed by atoms with Gasteiger partial charge in [-0.3, -0.25) is 9.59 Å². The van der Waals surface area contributed by atoms with Gasteiger partial charge in [-0.25, -0.2) is 0 Å². The number of benzene rings is 1. The molecule has 0 saturated carbocycles. The molecule has 2 N–H and O–H groups in total. The van der Waals surface area contributed by atoms with E-state index in [0.717, 1.165) is 12.0 Å². The summed E-state index contributed by atoms with van der Waals surface area (Å²) in [6.07, 6.45) is 1.35. The zero-order valence-corrected chi connectivity index (χ0v) is 11.6. The Morgan fingerprint density at radius 1 is 1.37 bits per heavy atom. The molecule has 19 heavy (non-hydrogen) atoms. The first kappa shape index (κ1) is 15.5. The van der Waals surface area contributed by atoms with Crippen molar-refractivity contribution in [1.82, 2.24) is 5.32 Å². The number of aliphatic carboxylic acids is 1. The molecule has 0 saturated heterocycles. The molecule has 1 aromatic rings. The van der Waals surface area contributed by atoms with Gasteiger partial charge in [-0.15, -0.1) is 0 Å². The van der Waals surface area contributed by atoms with Gasteiger partial charge in [0.2, 0.25) is 5.91 Å². The van der Waals surface area contributed by atoms with Crippen LogP contribution in [0.5, 0.6) is 0 Å². The van der Waals surface area contributed by atoms with Gasteiger partial charge in [0.1, 0.15) is 0 Å². The Balaban J connectivity index is 2.52. The van der Waals surface area contributed by atoms with Crippen LogP contribution in [0.15, 0.2) is 24.3 Å². The van der Waals surface area contributed by atoms with Crippen LogP contribution in [0.1, 0.15) is 44.2 Å². The minimum Gasteiger partial charge on any atom is -0.481 e. The second-order valence-electron chi connectivity index (χ2n) is 4.33. The lowest BCUT2D eigenvalue weighted by Crippen LogP contribution is -2.28. The largest absolute Gasteiger partial charge is 0.481 e. The number of hydrogen-bond acceptors (Lipinski definition) is 2. The van der Waals surface area contributed by atoms with Crippen LogP contribution in [0.3, 0.4) is 0 Å². The van der Waals surface area contributed by atoms with E-state index in [1.807, 2.05) is 25.1 Å². The Morgan fingerprint density at radius 2 is 2.11 bits per heavy atom. The van der Waals surface area contributed by atoms with Gasteiger partial charge >= 0.3 is 5.97 Å². The highest BCUT2D eigenvalue weighted by Gasteiger charge is 2.13. The monoisotopic (exact) mass is 283 g/mol. The van der Waals surface area contributed by atoms with Crippen LogP contribution in [0.2, 0.25) is 5.02 Å². The highest BCUT2D eigenvalue weighted by molar-refractivity contribution is 6.30. The number of carbonyl (C=O) groups is 2. The fourth-order valence-corrected chi connectivity index (χ4v) is 2.01. The van der Waals surface area contributed by atoms with Crippen molar-refractivity contribution in [3.8, 4) is 0 Å². The van der Waals surface area contributed by atoms with Crippen LogP contribution in [-0.4, -0.2) is 17.0 Å². The Morgan fingerprint density at radius 3 is 2.68 bits per heavy atom. The van der Waals surface area contributed by atoms with Crippen LogP contribution in [-0.2, 0) is 9.59 Å². The lowest BCUT2D eigenvalue weighted by atomic mass is 10.0. The molecule has 0 bridgehead atoms. The summed E-state index contributed by atoms with van der Waals surface area (Å²) in [6, 6.07) is 7.28. The summed E-state index contributed by atoms with van der Waals surface area (Å²) in [6.45, 7) is 1.98. The van der Waals surface area contributed by atoms with E-state index in [1.54, 1.807) is 6.07 Å². The third-order valence-electron chi connectivity index (χ3n) is 2.79. The lowest BCUT2D eigenvalue weighted by Gasteiger charge is -2.17. The van der Waals surface area contributed by atoms with Crippen molar-refractivity contribution in [1.29, 1.82) is 0 Å². The van der Waals surface area contributed by atoms with Crippen molar-refractivity contribution in [2.24, 2.45) is 0 Å². The molecule has 104 valence electrons. The minimum absolute atomic E-state index is 0.0153. The number of carbonyl (C=O) groups excluding carboxylic acids is 1. The number of carboxylic acids is 1. The normalized spacial score (nSPS) is 11.9. The van der Waals surface area contributed by atoms with Crippen molar-refractivity contribution in [2.45, 2.75) is 38.6 Å². The average Bonchev–Trinajstić information content (AvgIpc) is 2.35. The van der Waals surface area contributed by atoms with Crippen molar-refractivity contribution >= 4 is 23.5 Å². The first-order chi connectivity index (χ1) is 9.02. The number of hydrogen-bond donors (Lipinski definition) is 2. The van der Waals surface area contributed by atoms with Crippen molar-refractivity contribution < 1.29 is 14.7 Å². The molecule has 1 aromatic carbocycles.